The summed E-state index contributed by atoms with van der Waals surface area (Å²) in [4.78, 5) is 24.1. The fraction of sp³-hybridized carbons (Fsp3) is 0.333. The molecule has 1 amide bonds. The Hall–Kier alpha value is -1.38. The topological polar surface area (TPSA) is 84.9 Å². The summed E-state index contributed by atoms with van der Waals surface area (Å²) in [5.41, 5.74) is 1.73. The maximum atomic E-state index is 12.5. The summed E-state index contributed by atoms with van der Waals surface area (Å²) >= 11 is 12.1. The average molecular weight is 501 g/mol. The van der Waals surface area contributed by atoms with E-state index in [1.807, 2.05) is 30.3 Å². The number of rotatable bonds is 8. The van der Waals surface area contributed by atoms with E-state index >= 15 is 0 Å². The number of carboxylic acids is 1. The van der Waals surface area contributed by atoms with Crippen LogP contribution >= 0.6 is 23.2 Å². The Kier molecular flexibility index (Phi) is 10.9. The Labute approximate surface area is 225 Å². The van der Waals surface area contributed by atoms with Gasteiger partial charge in [0.1, 0.15) is 6.04 Å². The van der Waals surface area contributed by atoms with Crippen molar-refractivity contribution in [1.29, 1.82) is 0 Å². The van der Waals surface area contributed by atoms with Crippen molar-refractivity contribution in [3.63, 3.8) is 0 Å². The number of amides is 1. The third-order valence-electron chi connectivity index (χ3n) is 5.60. The van der Waals surface area contributed by atoms with Gasteiger partial charge in [-0.2, -0.15) is 0 Å². The van der Waals surface area contributed by atoms with Crippen LogP contribution in [0.5, 0.6) is 0 Å². The molecule has 2 aromatic rings. The number of benzene rings is 2. The fourth-order valence-corrected chi connectivity index (χ4v) is 4.29. The average Bonchev–Trinajstić information content (AvgIpc) is 2.79. The van der Waals surface area contributed by atoms with E-state index in [0.717, 1.165) is 24.0 Å². The maximum absolute atomic E-state index is 12.5. The third kappa shape index (κ3) is 7.06. The molecule has 0 bridgehead atoms. The van der Waals surface area contributed by atoms with Crippen LogP contribution in [0.3, 0.4) is 0 Å². The van der Waals surface area contributed by atoms with Crippen LogP contribution in [0.4, 0.5) is 0 Å². The van der Waals surface area contributed by atoms with Crippen LogP contribution in [-0.2, 0) is 19.9 Å². The predicted octanol–water partition coefficient (Wildman–Crippen LogP) is 4.55. The largest absolute Gasteiger partial charge is 0.480 e. The van der Waals surface area contributed by atoms with Crippen LogP contribution in [0, 0.1) is 0 Å². The van der Waals surface area contributed by atoms with Crippen LogP contribution in [0.1, 0.15) is 40.7 Å². The molecule has 2 N–H and O–H groups in total. The number of aliphatic carboxylic acids is 1. The molecule has 1 aliphatic heterocycles. The molecule has 1 atom stereocenters. The summed E-state index contributed by atoms with van der Waals surface area (Å²) in [7, 11) is 1.72. The van der Waals surface area contributed by atoms with Gasteiger partial charge in [0.15, 0.2) is 0 Å². The van der Waals surface area contributed by atoms with Crippen molar-refractivity contribution in [3.05, 3.63) is 75.3 Å². The van der Waals surface area contributed by atoms with Crippen LogP contribution in [0.15, 0.2) is 48.5 Å². The Morgan fingerprint density at radius 2 is 1.76 bits per heavy atom. The fourth-order valence-electron chi connectivity index (χ4n) is 3.72. The van der Waals surface area contributed by atoms with Crippen LogP contribution in [-0.4, -0.2) is 72.9 Å². The van der Waals surface area contributed by atoms with E-state index in [4.69, 9.17) is 32.7 Å². The van der Waals surface area contributed by atoms with Crippen molar-refractivity contribution >= 4 is 70.7 Å². The van der Waals surface area contributed by atoms with Gasteiger partial charge in [-0.1, -0.05) is 65.7 Å². The van der Waals surface area contributed by atoms with E-state index in [1.54, 1.807) is 19.3 Å². The Bertz CT molecular complexity index is 971. The SMILES string of the molecule is COC1(c2ccc(C=CC[C@H](NC(=O)c3c(Cl)cccc3Cl)C(=O)O)cc2)CCOCC1.[Na]. The number of carbonyl (C=O) groups excluding carboxylic acids is 1. The molecule has 1 radical (unpaired) electrons. The summed E-state index contributed by atoms with van der Waals surface area (Å²) in [5.74, 6) is -1.78. The number of halogens is 2. The number of carboxylic acid groups (broad SMARTS) is 1. The zero-order valence-corrected chi connectivity index (χ0v) is 22.2. The van der Waals surface area contributed by atoms with Gasteiger partial charge in [-0.15, -0.1) is 0 Å². The molecule has 33 heavy (non-hydrogen) atoms. The van der Waals surface area contributed by atoms with Crippen LogP contribution < -0.4 is 5.32 Å². The quantitative estimate of drug-likeness (QED) is 0.519. The van der Waals surface area contributed by atoms with Gasteiger partial charge in [0.05, 0.1) is 21.2 Å². The second-order valence-corrected chi connectivity index (χ2v) is 8.35. The van der Waals surface area contributed by atoms with Crippen LogP contribution in [0.25, 0.3) is 6.08 Å². The number of carbonyl (C=O) groups is 2. The molecule has 1 aliphatic rings. The van der Waals surface area contributed by atoms with Crippen molar-refractivity contribution in [2.45, 2.75) is 30.9 Å². The van der Waals surface area contributed by atoms with Crippen molar-refractivity contribution in [2.24, 2.45) is 0 Å². The zero-order chi connectivity index (χ0) is 23.1. The first kappa shape index (κ1) is 27.9. The molecule has 2 aromatic carbocycles. The molecule has 6 nitrogen and oxygen atoms in total. The first-order chi connectivity index (χ1) is 15.4. The molecule has 0 aliphatic carbocycles. The Morgan fingerprint density at radius 1 is 1.15 bits per heavy atom. The molecular formula is C24H25Cl2NNaO5. The standard InChI is InChI=1S/C24H25Cl2NO5.Na/c1-31-24(12-14-32-15-13-24)17-10-8-16(9-11-17)4-2-7-20(23(29)30)27-22(28)21-18(25)5-3-6-19(21)26;/h2-6,8-11,20H,7,12-15H2,1H3,(H,27,28)(H,29,30);/t20-;/m0./s1. The molecule has 171 valence electrons. The minimum absolute atomic E-state index is 0. The van der Waals surface area contributed by atoms with E-state index in [-0.39, 0.29) is 57.2 Å². The molecule has 0 saturated carbocycles. The Morgan fingerprint density at radius 3 is 2.30 bits per heavy atom. The monoisotopic (exact) mass is 500 g/mol. The van der Waals surface area contributed by atoms with Gasteiger partial charge < -0.3 is 19.9 Å². The predicted molar refractivity (Wildman–Crippen MR) is 130 cm³/mol. The first-order valence-corrected chi connectivity index (χ1v) is 11.0. The van der Waals surface area contributed by atoms with E-state index in [0.29, 0.717) is 13.2 Å². The molecule has 0 unspecified atom stereocenters. The number of ether oxygens (including phenoxy) is 2. The second-order valence-electron chi connectivity index (χ2n) is 7.53. The van der Waals surface area contributed by atoms with Crippen molar-refractivity contribution < 1.29 is 24.2 Å². The summed E-state index contributed by atoms with van der Waals surface area (Å²) in [6.45, 7) is 1.33. The summed E-state index contributed by atoms with van der Waals surface area (Å²) in [5, 5.41) is 12.3. The van der Waals surface area contributed by atoms with Crippen molar-refractivity contribution in [3.8, 4) is 0 Å². The van der Waals surface area contributed by atoms with Gasteiger partial charge in [-0.05, 0) is 29.7 Å². The van der Waals surface area contributed by atoms with Crippen molar-refractivity contribution in [1.82, 2.24) is 5.32 Å². The molecule has 1 heterocycles. The number of nitrogens with one attached hydrogen (secondary N) is 1. The summed E-state index contributed by atoms with van der Waals surface area (Å²) in [6.07, 6.45) is 5.23. The molecule has 1 fully saturated rings. The maximum Gasteiger partial charge on any atom is 0.326 e. The number of hydrogen-bond acceptors (Lipinski definition) is 4. The summed E-state index contributed by atoms with van der Waals surface area (Å²) < 4.78 is 11.3. The van der Waals surface area contributed by atoms with E-state index < -0.39 is 17.9 Å². The molecule has 1 saturated heterocycles. The minimum atomic E-state index is -1.15. The second kappa shape index (κ2) is 12.9. The molecule has 9 heteroatoms. The van der Waals surface area contributed by atoms with Gasteiger partial charge >= 0.3 is 5.97 Å². The van der Waals surface area contributed by atoms with Gasteiger partial charge in [0.2, 0.25) is 0 Å². The van der Waals surface area contributed by atoms with Crippen LogP contribution in [0.2, 0.25) is 10.0 Å². The minimum Gasteiger partial charge on any atom is -0.480 e. The smallest absolute Gasteiger partial charge is 0.326 e. The third-order valence-corrected chi connectivity index (χ3v) is 6.23. The van der Waals surface area contributed by atoms with Gasteiger partial charge in [0, 0.05) is 62.7 Å². The molecule has 3 rings (SSSR count). The normalized spacial score (nSPS) is 16.1. The van der Waals surface area contributed by atoms with E-state index in [2.05, 4.69) is 5.32 Å². The van der Waals surface area contributed by atoms with E-state index in [9.17, 15) is 14.7 Å². The zero-order valence-electron chi connectivity index (χ0n) is 18.6. The molecule has 0 aromatic heterocycles. The molecule has 0 spiro atoms. The summed E-state index contributed by atoms with van der Waals surface area (Å²) in [6, 6.07) is 11.5. The van der Waals surface area contributed by atoms with Gasteiger partial charge in [-0.3, -0.25) is 4.79 Å². The van der Waals surface area contributed by atoms with Gasteiger partial charge in [0.25, 0.3) is 5.91 Å². The Balaban J connectivity index is 0.00000385. The van der Waals surface area contributed by atoms with Gasteiger partial charge in [-0.25, -0.2) is 4.79 Å². The number of methoxy groups -OCH3 is 1. The van der Waals surface area contributed by atoms with E-state index in [1.165, 1.54) is 12.1 Å². The first-order valence-electron chi connectivity index (χ1n) is 10.2. The van der Waals surface area contributed by atoms with Crippen molar-refractivity contribution in [2.75, 3.05) is 20.3 Å². The number of hydrogen-bond donors (Lipinski definition) is 2. The molecular weight excluding hydrogens is 476 g/mol.